The van der Waals surface area contributed by atoms with E-state index in [0.717, 1.165) is 11.3 Å². The zero-order chi connectivity index (χ0) is 18.0. The number of benzene rings is 2. The van der Waals surface area contributed by atoms with E-state index in [2.05, 4.69) is 5.32 Å². The van der Waals surface area contributed by atoms with Crippen molar-refractivity contribution in [2.75, 3.05) is 25.1 Å². The van der Waals surface area contributed by atoms with E-state index in [1.807, 2.05) is 60.7 Å². The lowest BCUT2D eigenvalue weighted by atomic mass is 10.0. The third-order valence-electron chi connectivity index (χ3n) is 5.03. The fourth-order valence-corrected chi connectivity index (χ4v) is 3.60. The molecule has 0 bridgehead atoms. The fraction of sp³-hybridized carbons (Fsp3) is 0.350. The third-order valence-corrected chi connectivity index (χ3v) is 5.03. The van der Waals surface area contributed by atoms with E-state index in [1.165, 1.54) is 4.90 Å². The van der Waals surface area contributed by atoms with Gasteiger partial charge in [0.15, 0.2) is 0 Å². The molecule has 4 rings (SSSR count). The molecule has 136 valence electrons. The van der Waals surface area contributed by atoms with Crippen molar-refractivity contribution in [3.63, 3.8) is 0 Å². The number of aliphatic hydroxyl groups is 1. The normalized spacial score (nSPS) is 27.7. The van der Waals surface area contributed by atoms with Gasteiger partial charge in [0, 0.05) is 12.2 Å². The number of carbonyl (C=O) groups excluding carboxylic acids is 1. The van der Waals surface area contributed by atoms with Crippen LogP contribution in [0.5, 0.6) is 0 Å². The quantitative estimate of drug-likeness (QED) is 0.862. The Morgan fingerprint density at radius 1 is 1.12 bits per heavy atom. The number of aliphatic hydroxyl groups excluding tert-OH is 1. The summed E-state index contributed by atoms with van der Waals surface area (Å²) in [4.78, 5) is 13.8. The molecule has 2 saturated heterocycles. The Morgan fingerprint density at radius 3 is 2.54 bits per heavy atom. The highest BCUT2D eigenvalue weighted by Crippen LogP contribution is 2.36. The molecule has 2 fully saturated rings. The standard InChI is InChI=1S/C20H22N2O4/c23-18-17(21-16-9-5-2-6-10-16)13-26-20(18)14-25-19(24)22(20)12-11-15-7-3-1-4-8-15/h1-10,17-18,21,23H,11-14H2/t17-,18+,20-/m0/s1. The summed E-state index contributed by atoms with van der Waals surface area (Å²) in [6, 6.07) is 19.3. The van der Waals surface area contributed by atoms with Crippen LogP contribution in [0.25, 0.3) is 0 Å². The molecule has 2 aromatic rings. The van der Waals surface area contributed by atoms with E-state index < -0.39 is 17.9 Å². The van der Waals surface area contributed by atoms with Crippen molar-refractivity contribution < 1.29 is 19.4 Å². The van der Waals surface area contributed by atoms with Crippen molar-refractivity contribution in [1.82, 2.24) is 4.90 Å². The molecule has 0 aliphatic carbocycles. The Kier molecular flexibility index (Phi) is 4.53. The maximum atomic E-state index is 12.3. The van der Waals surface area contributed by atoms with Crippen LogP contribution < -0.4 is 5.32 Å². The molecule has 2 heterocycles. The van der Waals surface area contributed by atoms with Crippen LogP contribution in [0.3, 0.4) is 0 Å². The topological polar surface area (TPSA) is 71.0 Å². The molecule has 0 saturated carbocycles. The average Bonchev–Trinajstić information content (AvgIpc) is 3.17. The summed E-state index contributed by atoms with van der Waals surface area (Å²) >= 11 is 0. The number of amides is 1. The molecule has 0 aromatic heterocycles. The molecule has 2 N–H and O–H groups in total. The van der Waals surface area contributed by atoms with E-state index in [1.54, 1.807) is 0 Å². The van der Waals surface area contributed by atoms with Crippen LogP contribution in [-0.2, 0) is 15.9 Å². The maximum absolute atomic E-state index is 12.3. The second-order valence-corrected chi connectivity index (χ2v) is 6.66. The number of nitrogens with zero attached hydrogens (tertiary/aromatic N) is 1. The summed E-state index contributed by atoms with van der Waals surface area (Å²) in [5, 5.41) is 14.2. The predicted molar refractivity (Wildman–Crippen MR) is 96.7 cm³/mol. The summed E-state index contributed by atoms with van der Waals surface area (Å²) in [7, 11) is 0. The minimum atomic E-state index is -1.13. The second kappa shape index (κ2) is 6.97. The first-order chi connectivity index (χ1) is 12.7. The van der Waals surface area contributed by atoms with Gasteiger partial charge >= 0.3 is 6.09 Å². The summed E-state index contributed by atoms with van der Waals surface area (Å²) in [5.41, 5.74) is 0.894. The lowest BCUT2D eigenvalue weighted by molar-refractivity contribution is -0.131. The molecule has 1 spiro atoms. The number of cyclic esters (lactones) is 1. The molecule has 6 heteroatoms. The lowest BCUT2D eigenvalue weighted by Gasteiger charge is -2.34. The highest BCUT2D eigenvalue weighted by atomic mass is 16.6. The van der Waals surface area contributed by atoms with Gasteiger partial charge in [-0.25, -0.2) is 4.79 Å². The first-order valence-corrected chi connectivity index (χ1v) is 8.81. The van der Waals surface area contributed by atoms with Crippen LogP contribution >= 0.6 is 0 Å². The zero-order valence-electron chi connectivity index (χ0n) is 14.4. The number of para-hydroxylation sites is 1. The van der Waals surface area contributed by atoms with Crippen LogP contribution in [0.15, 0.2) is 60.7 Å². The van der Waals surface area contributed by atoms with Crippen LogP contribution in [0.2, 0.25) is 0 Å². The van der Waals surface area contributed by atoms with Crippen LogP contribution in [-0.4, -0.2) is 53.7 Å². The van der Waals surface area contributed by atoms with Crippen LogP contribution in [0, 0.1) is 0 Å². The Balaban J connectivity index is 1.48. The van der Waals surface area contributed by atoms with E-state index in [0.29, 0.717) is 19.6 Å². The van der Waals surface area contributed by atoms with Crippen molar-refractivity contribution in [3.8, 4) is 0 Å². The van der Waals surface area contributed by atoms with Crippen molar-refractivity contribution in [3.05, 3.63) is 66.2 Å². The summed E-state index contributed by atoms with van der Waals surface area (Å²) in [5.74, 6) is 0. The number of hydrogen-bond donors (Lipinski definition) is 2. The highest BCUT2D eigenvalue weighted by Gasteiger charge is 2.59. The predicted octanol–water partition coefficient (Wildman–Crippen LogP) is 2.25. The summed E-state index contributed by atoms with van der Waals surface area (Å²) in [6.45, 7) is 0.765. The van der Waals surface area contributed by atoms with Gasteiger partial charge in [-0.05, 0) is 24.1 Å². The molecule has 0 radical (unpaired) electrons. The van der Waals surface area contributed by atoms with E-state index in [4.69, 9.17) is 9.47 Å². The van der Waals surface area contributed by atoms with Gasteiger partial charge in [-0.3, -0.25) is 4.90 Å². The summed E-state index contributed by atoms with van der Waals surface area (Å²) < 4.78 is 11.2. The van der Waals surface area contributed by atoms with E-state index in [-0.39, 0.29) is 12.6 Å². The van der Waals surface area contributed by atoms with Gasteiger partial charge in [0.1, 0.15) is 12.7 Å². The Labute approximate surface area is 152 Å². The number of hydrogen-bond acceptors (Lipinski definition) is 5. The fourth-order valence-electron chi connectivity index (χ4n) is 3.60. The van der Waals surface area contributed by atoms with Crippen molar-refractivity contribution in [1.29, 1.82) is 0 Å². The molecule has 2 aliphatic heterocycles. The van der Waals surface area contributed by atoms with E-state index in [9.17, 15) is 9.90 Å². The lowest BCUT2D eigenvalue weighted by Crippen LogP contribution is -2.57. The zero-order valence-corrected chi connectivity index (χ0v) is 14.4. The van der Waals surface area contributed by atoms with Gasteiger partial charge in [0.2, 0.25) is 5.72 Å². The summed E-state index contributed by atoms with van der Waals surface area (Å²) in [6.07, 6.45) is -0.657. The number of anilines is 1. The molecule has 26 heavy (non-hydrogen) atoms. The largest absolute Gasteiger partial charge is 0.444 e. The first kappa shape index (κ1) is 16.9. The molecule has 0 unspecified atom stereocenters. The van der Waals surface area contributed by atoms with Crippen molar-refractivity contribution in [2.45, 2.75) is 24.3 Å². The molecule has 2 aliphatic rings. The van der Waals surface area contributed by atoms with Gasteiger partial charge in [0.05, 0.1) is 12.6 Å². The number of rotatable bonds is 5. The maximum Gasteiger partial charge on any atom is 0.412 e. The van der Waals surface area contributed by atoms with E-state index >= 15 is 0 Å². The first-order valence-electron chi connectivity index (χ1n) is 8.81. The molecule has 3 atom stereocenters. The monoisotopic (exact) mass is 354 g/mol. The van der Waals surface area contributed by atoms with Gasteiger partial charge in [-0.15, -0.1) is 0 Å². The SMILES string of the molecule is O=C1OC[C@@]2(OC[C@H](Nc3ccccc3)[C@H]2O)N1CCc1ccccc1. The van der Waals surface area contributed by atoms with Crippen molar-refractivity contribution >= 4 is 11.8 Å². The van der Waals surface area contributed by atoms with Crippen LogP contribution in [0.1, 0.15) is 5.56 Å². The molecule has 2 aromatic carbocycles. The molecule has 1 amide bonds. The smallest absolute Gasteiger partial charge is 0.412 e. The molecular formula is C20H22N2O4. The van der Waals surface area contributed by atoms with Gasteiger partial charge < -0.3 is 19.9 Å². The van der Waals surface area contributed by atoms with Gasteiger partial charge in [-0.2, -0.15) is 0 Å². The molecular weight excluding hydrogens is 332 g/mol. The number of nitrogens with one attached hydrogen (secondary N) is 1. The van der Waals surface area contributed by atoms with Crippen LogP contribution in [0.4, 0.5) is 10.5 Å². The number of ether oxygens (including phenoxy) is 2. The average molecular weight is 354 g/mol. The van der Waals surface area contributed by atoms with Crippen molar-refractivity contribution in [2.24, 2.45) is 0 Å². The highest BCUT2D eigenvalue weighted by molar-refractivity contribution is 5.71. The molecule has 6 nitrogen and oxygen atoms in total. The minimum absolute atomic E-state index is 0.0365. The Hall–Kier alpha value is -2.57. The number of carbonyl (C=O) groups is 1. The van der Waals surface area contributed by atoms with Gasteiger partial charge in [0.25, 0.3) is 0 Å². The minimum Gasteiger partial charge on any atom is -0.444 e. The second-order valence-electron chi connectivity index (χ2n) is 6.66. The van der Waals surface area contributed by atoms with Gasteiger partial charge in [-0.1, -0.05) is 48.5 Å². The Bertz CT molecular complexity index is 755. The third kappa shape index (κ3) is 3.02. The Morgan fingerprint density at radius 2 is 1.81 bits per heavy atom.